The minimum absolute atomic E-state index is 0.0107. The van der Waals surface area contributed by atoms with E-state index < -0.39 is 0 Å². The highest BCUT2D eigenvalue weighted by molar-refractivity contribution is 6.30. The zero-order valence-electron chi connectivity index (χ0n) is 8.54. The van der Waals surface area contributed by atoms with Crippen molar-refractivity contribution in [3.05, 3.63) is 40.7 Å². The fourth-order valence-electron chi connectivity index (χ4n) is 1.32. The summed E-state index contributed by atoms with van der Waals surface area (Å²) in [7, 11) is 0. The van der Waals surface area contributed by atoms with Crippen molar-refractivity contribution in [3.8, 4) is 0 Å². The van der Waals surface area contributed by atoms with Crippen LogP contribution in [-0.4, -0.2) is 31.9 Å². The lowest BCUT2D eigenvalue weighted by molar-refractivity contribution is 0.259. The molecule has 0 atom stereocenters. The second-order valence-corrected chi connectivity index (χ2v) is 3.76. The summed E-state index contributed by atoms with van der Waals surface area (Å²) in [5, 5.41) is 21.2. The van der Waals surface area contributed by atoms with Crippen molar-refractivity contribution in [2.24, 2.45) is 0 Å². The molecule has 2 rings (SSSR count). The van der Waals surface area contributed by atoms with Gasteiger partial charge in [0.1, 0.15) is 0 Å². The van der Waals surface area contributed by atoms with Gasteiger partial charge in [-0.3, -0.25) is 0 Å². The van der Waals surface area contributed by atoms with E-state index in [4.69, 9.17) is 16.7 Å². The molecule has 16 heavy (non-hydrogen) atoms. The van der Waals surface area contributed by atoms with Crippen LogP contribution in [0.25, 0.3) is 0 Å². The molecule has 1 heterocycles. The number of aromatic nitrogens is 4. The lowest BCUT2D eigenvalue weighted by atomic mass is 10.1. The Balaban J connectivity index is 2.05. The first-order valence-corrected chi connectivity index (χ1v) is 5.28. The summed E-state index contributed by atoms with van der Waals surface area (Å²) in [5.74, 6) is 0.635. The number of nitrogens with zero attached hydrogens (tertiary/aromatic N) is 4. The standard InChI is InChI=1S/C10H11ClN4O/c11-9-3-1-8(2-4-9)7-10-12-14-15(13-10)5-6-16/h1-4,16H,5-7H2. The molecule has 0 aliphatic rings. The Morgan fingerprint density at radius 3 is 2.69 bits per heavy atom. The maximum atomic E-state index is 8.71. The average Bonchev–Trinajstić information content (AvgIpc) is 2.70. The summed E-state index contributed by atoms with van der Waals surface area (Å²) >= 11 is 5.78. The topological polar surface area (TPSA) is 63.8 Å². The number of hydrogen-bond donors (Lipinski definition) is 1. The Hall–Kier alpha value is -1.46. The van der Waals surface area contributed by atoms with Gasteiger partial charge < -0.3 is 5.11 Å². The molecule has 0 unspecified atom stereocenters. The first-order valence-electron chi connectivity index (χ1n) is 4.90. The number of hydrogen-bond acceptors (Lipinski definition) is 4. The zero-order chi connectivity index (χ0) is 11.4. The van der Waals surface area contributed by atoms with E-state index in [2.05, 4.69) is 15.4 Å². The number of halogens is 1. The van der Waals surface area contributed by atoms with Crippen molar-refractivity contribution in [1.29, 1.82) is 0 Å². The monoisotopic (exact) mass is 238 g/mol. The molecular formula is C10H11ClN4O. The zero-order valence-corrected chi connectivity index (χ0v) is 9.30. The van der Waals surface area contributed by atoms with E-state index in [1.165, 1.54) is 4.80 Å². The molecule has 0 radical (unpaired) electrons. The van der Waals surface area contributed by atoms with Crippen LogP contribution >= 0.6 is 11.6 Å². The quantitative estimate of drug-likeness (QED) is 0.860. The molecule has 1 aromatic carbocycles. The molecule has 0 aliphatic heterocycles. The first-order chi connectivity index (χ1) is 7.78. The van der Waals surface area contributed by atoms with Gasteiger partial charge in [0.2, 0.25) is 0 Å². The van der Waals surface area contributed by atoms with Crippen LogP contribution in [-0.2, 0) is 13.0 Å². The fraction of sp³-hybridized carbons (Fsp3) is 0.300. The van der Waals surface area contributed by atoms with Crippen LogP contribution in [0.1, 0.15) is 11.4 Å². The second kappa shape index (κ2) is 5.05. The van der Waals surface area contributed by atoms with E-state index in [9.17, 15) is 0 Å². The lowest BCUT2D eigenvalue weighted by Gasteiger charge is -1.96. The molecule has 0 saturated carbocycles. The average molecular weight is 239 g/mol. The van der Waals surface area contributed by atoms with Gasteiger partial charge in [-0.05, 0) is 22.9 Å². The lowest BCUT2D eigenvalue weighted by Crippen LogP contribution is -2.06. The molecule has 0 saturated heterocycles. The van der Waals surface area contributed by atoms with E-state index in [0.717, 1.165) is 5.56 Å². The van der Waals surface area contributed by atoms with E-state index in [1.54, 1.807) is 0 Å². The van der Waals surface area contributed by atoms with Gasteiger partial charge in [-0.1, -0.05) is 23.7 Å². The van der Waals surface area contributed by atoms with Crippen LogP contribution in [0.2, 0.25) is 5.02 Å². The number of benzene rings is 1. The van der Waals surface area contributed by atoms with Gasteiger partial charge in [-0.25, -0.2) is 0 Å². The second-order valence-electron chi connectivity index (χ2n) is 3.33. The van der Waals surface area contributed by atoms with Crippen LogP contribution in [0.5, 0.6) is 0 Å². The third-order valence-electron chi connectivity index (χ3n) is 2.07. The van der Waals surface area contributed by atoms with Gasteiger partial charge in [0, 0.05) is 11.4 Å². The smallest absolute Gasteiger partial charge is 0.179 e. The van der Waals surface area contributed by atoms with Crippen LogP contribution < -0.4 is 0 Å². The summed E-state index contributed by atoms with van der Waals surface area (Å²) in [4.78, 5) is 1.38. The van der Waals surface area contributed by atoms with Gasteiger partial charge in [0.25, 0.3) is 0 Å². The largest absolute Gasteiger partial charge is 0.394 e. The third kappa shape index (κ3) is 2.77. The Kier molecular flexibility index (Phi) is 3.48. The Morgan fingerprint density at radius 1 is 1.25 bits per heavy atom. The summed E-state index contributed by atoms with van der Waals surface area (Å²) in [5.41, 5.74) is 1.08. The third-order valence-corrected chi connectivity index (χ3v) is 2.32. The van der Waals surface area contributed by atoms with E-state index in [0.29, 0.717) is 23.8 Å². The molecular weight excluding hydrogens is 228 g/mol. The molecule has 1 aromatic heterocycles. The number of aliphatic hydroxyl groups excluding tert-OH is 1. The van der Waals surface area contributed by atoms with Crippen LogP contribution in [0, 0.1) is 0 Å². The fourth-order valence-corrected chi connectivity index (χ4v) is 1.44. The van der Waals surface area contributed by atoms with Crippen LogP contribution in [0.15, 0.2) is 24.3 Å². The van der Waals surface area contributed by atoms with E-state index in [-0.39, 0.29) is 6.61 Å². The van der Waals surface area contributed by atoms with E-state index >= 15 is 0 Å². The maximum absolute atomic E-state index is 8.71. The molecule has 0 spiro atoms. The number of tetrazole rings is 1. The highest BCUT2D eigenvalue weighted by atomic mass is 35.5. The van der Waals surface area contributed by atoms with Crippen LogP contribution in [0.3, 0.4) is 0 Å². The Bertz CT molecular complexity index is 454. The van der Waals surface area contributed by atoms with Crippen molar-refractivity contribution >= 4 is 11.6 Å². The molecule has 1 N–H and O–H groups in total. The van der Waals surface area contributed by atoms with Gasteiger partial charge >= 0.3 is 0 Å². The summed E-state index contributed by atoms with van der Waals surface area (Å²) < 4.78 is 0. The summed E-state index contributed by atoms with van der Waals surface area (Å²) in [6, 6.07) is 7.51. The number of aliphatic hydroxyl groups is 1. The molecule has 84 valence electrons. The predicted octanol–water partition coefficient (Wildman–Crippen LogP) is 0.910. The number of rotatable bonds is 4. The van der Waals surface area contributed by atoms with Gasteiger partial charge in [0.05, 0.1) is 13.2 Å². The molecule has 0 fully saturated rings. The highest BCUT2D eigenvalue weighted by Gasteiger charge is 2.03. The highest BCUT2D eigenvalue weighted by Crippen LogP contribution is 2.11. The normalized spacial score (nSPS) is 10.6. The SMILES string of the molecule is OCCn1nnc(Cc2ccc(Cl)cc2)n1. The molecule has 0 amide bonds. The van der Waals surface area contributed by atoms with Crippen molar-refractivity contribution in [3.63, 3.8) is 0 Å². The molecule has 5 nitrogen and oxygen atoms in total. The van der Waals surface area contributed by atoms with Gasteiger partial charge in [0.15, 0.2) is 5.82 Å². The van der Waals surface area contributed by atoms with Crippen LogP contribution in [0.4, 0.5) is 0 Å². The van der Waals surface area contributed by atoms with Crippen molar-refractivity contribution in [1.82, 2.24) is 20.2 Å². The molecule has 2 aromatic rings. The van der Waals surface area contributed by atoms with Gasteiger partial charge in [-0.2, -0.15) is 4.80 Å². The summed E-state index contributed by atoms with van der Waals surface area (Å²) in [6.07, 6.45) is 0.614. The molecule has 6 heteroatoms. The predicted molar refractivity (Wildman–Crippen MR) is 59.2 cm³/mol. The Morgan fingerprint density at radius 2 is 2.00 bits per heavy atom. The molecule has 0 aliphatic carbocycles. The van der Waals surface area contributed by atoms with Crippen molar-refractivity contribution in [2.45, 2.75) is 13.0 Å². The maximum Gasteiger partial charge on any atom is 0.179 e. The summed E-state index contributed by atoms with van der Waals surface area (Å²) in [6.45, 7) is 0.379. The van der Waals surface area contributed by atoms with Crippen molar-refractivity contribution in [2.75, 3.05) is 6.61 Å². The first kappa shape index (κ1) is 11.0. The minimum Gasteiger partial charge on any atom is -0.394 e. The minimum atomic E-state index is 0.0107. The van der Waals surface area contributed by atoms with Crippen molar-refractivity contribution < 1.29 is 5.11 Å². The molecule has 0 bridgehead atoms. The van der Waals surface area contributed by atoms with E-state index in [1.807, 2.05) is 24.3 Å². The Labute approximate surface area is 97.7 Å². The van der Waals surface area contributed by atoms with Gasteiger partial charge in [-0.15, -0.1) is 10.2 Å².